The first-order valence-electron chi connectivity index (χ1n) is 10.5. The van der Waals surface area contributed by atoms with Crippen molar-refractivity contribution in [1.82, 2.24) is 19.6 Å². The van der Waals surface area contributed by atoms with E-state index in [2.05, 4.69) is 10.3 Å². The largest absolute Gasteiger partial charge is 0.486 e. The number of aromatic nitrogens is 2. The van der Waals surface area contributed by atoms with Crippen LogP contribution in [0.15, 0.2) is 29.2 Å². The van der Waals surface area contributed by atoms with E-state index in [0.29, 0.717) is 36.5 Å². The van der Waals surface area contributed by atoms with E-state index in [0.717, 1.165) is 37.4 Å². The van der Waals surface area contributed by atoms with Gasteiger partial charge in [0.15, 0.2) is 11.5 Å². The average Bonchev–Trinajstić information content (AvgIpc) is 2.79. The normalized spacial score (nSPS) is 18.8. The monoisotopic (exact) mass is 447 g/mol. The number of hydrogen-bond acceptors (Lipinski definition) is 8. The smallest absolute Gasteiger partial charge is 0.243 e. The lowest BCUT2D eigenvalue weighted by atomic mass is 9.96. The predicted molar refractivity (Wildman–Crippen MR) is 117 cm³/mol. The van der Waals surface area contributed by atoms with Crippen molar-refractivity contribution in [2.24, 2.45) is 0 Å². The molecule has 0 amide bonds. The van der Waals surface area contributed by atoms with Gasteiger partial charge in [-0.3, -0.25) is 0 Å². The minimum Gasteiger partial charge on any atom is -0.486 e. The highest BCUT2D eigenvalue weighted by Crippen LogP contribution is 2.33. The standard InChI is InChI=1S/C21H29N5O4S/c1-25(2)21-12-17(15-5-4-8-22-13-15)23-20(24-21)14-26(3)31(27,28)16-6-7-18-19(11-16)30-10-9-29-18/h6-7,11-12,15,22H,4-5,8-10,13-14H2,1-3H3/t15-/m1/s1. The van der Waals surface area contributed by atoms with Gasteiger partial charge < -0.3 is 19.7 Å². The Labute approximate surface area is 183 Å². The molecule has 1 aromatic carbocycles. The van der Waals surface area contributed by atoms with Gasteiger partial charge in [-0.1, -0.05) is 0 Å². The number of rotatable bonds is 6. The Morgan fingerprint density at radius 1 is 1.10 bits per heavy atom. The summed E-state index contributed by atoms with van der Waals surface area (Å²) in [6.07, 6.45) is 2.15. The maximum atomic E-state index is 13.2. The van der Waals surface area contributed by atoms with Crippen molar-refractivity contribution in [3.8, 4) is 11.5 Å². The van der Waals surface area contributed by atoms with Crippen molar-refractivity contribution in [1.29, 1.82) is 0 Å². The van der Waals surface area contributed by atoms with E-state index in [1.807, 2.05) is 25.1 Å². The zero-order valence-corrected chi connectivity index (χ0v) is 19.0. The summed E-state index contributed by atoms with van der Waals surface area (Å²) < 4.78 is 38.7. The summed E-state index contributed by atoms with van der Waals surface area (Å²) in [5.74, 6) is 2.55. The number of anilines is 1. The molecular formula is C21H29N5O4S. The molecule has 31 heavy (non-hydrogen) atoms. The summed E-state index contributed by atoms with van der Waals surface area (Å²) in [6, 6.07) is 6.68. The number of benzene rings is 1. The summed E-state index contributed by atoms with van der Waals surface area (Å²) in [7, 11) is 1.63. The van der Waals surface area contributed by atoms with E-state index < -0.39 is 10.0 Å². The molecule has 0 unspecified atom stereocenters. The highest BCUT2D eigenvalue weighted by molar-refractivity contribution is 7.89. The summed E-state index contributed by atoms with van der Waals surface area (Å²) in [5.41, 5.74) is 0.950. The third-order valence-electron chi connectivity index (χ3n) is 5.54. The van der Waals surface area contributed by atoms with E-state index in [1.165, 1.54) is 16.4 Å². The van der Waals surface area contributed by atoms with Crippen molar-refractivity contribution in [2.45, 2.75) is 30.2 Å². The van der Waals surface area contributed by atoms with Crippen LogP contribution in [0.4, 0.5) is 5.82 Å². The van der Waals surface area contributed by atoms with Gasteiger partial charge in [0.1, 0.15) is 24.9 Å². The van der Waals surface area contributed by atoms with E-state index in [-0.39, 0.29) is 11.4 Å². The van der Waals surface area contributed by atoms with Crippen LogP contribution in [0.2, 0.25) is 0 Å². The van der Waals surface area contributed by atoms with E-state index >= 15 is 0 Å². The van der Waals surface area contributed by atoms with Gasteiger partial charge >= 0.3 is 0 Å². The Kier molecular flexibility index (Phi) is 6.31. The van der Waals surface area contributed by atoms with Crippen LogP contribution < -0.4 is 19.7 Å². The lowest BCUT2D eigenvalue weighted by molar-refractivity contribution is 0.171. The topological polar surface area (TPSA) is 96.9 Å². The number of nitrogens with zero attached hydrogens (tertiary/aromatic N) is 4. The zero-order chi connectivity index (χ0) is 22.0. The molecule has 168 valence electrons. The predicted octanol–water partition coefficient (Wildman–Crippen LogP) is 1.60. The molecule has 0 saturated carbocycles. The fourth-order valence-electron chi connectivity index (χ4n) is 3.76. The fraction of sp³-hybridized carbons (Fsp3) is 0.524. The lowest BCUT2D eigenvalue weighted by Crippen LogP contribution is -2.30. The third kappa shape index (κ3) is 4.76. The number of fused-ring (bicyclic) bond motifs is 1. The summed E-state index contributed by atoms with van der Waals surface area (Å²) >= 11 is 0. The van der Waals surface area contributed by atoms with E-state index in [4.69, 9.17) is 14.5 Å². The van der Waals surface area contributed by atoms with Crippen LogP contribution in [0.5, 0.6) is 11.5 Å². The molecule has 1 fully saturated rings. The van der Waals surface area contributed by atoms with Crippen molar-refractivity contribution in [2.75, 3.05) is 52.3 Å². The number of hydrogen-bond donors (Lipinski definition) is 1. The van der Waals surface area contributed by atoms with Crippen LogP contribution in [0, 0.1) is 0 Å². The van der Waals surface area contributed by atoms with Crippen LogP contribution in [-0.2, 0) is 16.6 Å². The second-order valence-corrected chi connectivity index (χ2v) is 10.1. The van der Waals surface area contributed by atoms with Gasteiger partial charge in [-0.25, -0.2) is 18.4 Å². The van der Waals surface area contributed by atoms with Gasteiger partial charge in [0.05, 0.1) is 17.1 Å². The molecule has 2 aliphatic heterocycles. The van der Waals surface area contributed by atoms with Gasteiger partial charge in [-0.15, -0.1) is 0 Å². The lowest BCUT2D eigenvalue weighted by Gasteiger charge is -2.25. The quantitative estimate of drug-likeness (QED) is 0.713. The molecule has 0 aliphatic carbocycles. The molecular weight excluding hydrogens is 418 g/mol. The second-order valence-electron chi connectivity index (χ2n) is 8.07. The number of piperidine rings is 1. The van der Waals surface area contributed by atoms with Crippen molar-refractivity contribution in [3.63, 3.8) is 0 Å². The molecule has 9 nitrogen and oxygen atoms in total. The minimum absolute atomic E-state index is 0.0750. The second kappa shape index (κ2) is 8.97. The molecule has 0 bridgehead atoms. The minimum atomic E-state index is -3.75. The number of ether oxygens (including phenoxy) is 2. The van der Waals surface area contributed by atoms with Gasteiger partial charge in [-0.05, 0) is 31.5 Å². The van der Waals surface area contributed by atoms with Gasteiger partial charge in [-0.2, -0.15) is 4.31 Å². The summed E-state index contributed by atoms with van der Waals surface area (Å²) in [5, 5.41) is 3.41. The Morgan fingerprint density at radius 2 is 1.87 bits per heavy atom. The first-order valence-corrected chi connectivity index (χ1v) is 11.9. The first kappa shape index (κ1) is 21.8. The molecule has 1 saturated heterocycles. The molecule has 10 heteroatoms. The molecule has 1 atom stereocenters. The Balaban J connectivity index is 1.59. The third-order valence-corrected chi connectivity index (χ3v) is 7.34. The highest BCUT2D eigenvalue weighted by Gasteiger charge is 2.26. The molecule has 2 aliphatic rings. The summed E-state index contributed by atoms with van der Waals surface area (Å²) in [6.45, 7) is 2.82. The van der Waals surface area contributed by atoms with Gasteiger partial charge in [0.2, 0.25) is 10.0 Å². The maximum Gasteiger partial charge on any atom is 0.243 e. The molecule has 1 N–H and O–H groups in total. The Hall–Kier alpha value is -2.43. The molecule has 0 radical (unpaired) electrons. The fourth-order valence-corrected chi connectivity index (χ4v) is 4.91. The van der Waals surface area contributed by atoms with E-state index in [1.54, 1.807) is 13.1 Å². The van der Waals surface area contributed by atoms with Crippen LogP contribution in [0.1, 0.15) is 30.3 Å². The Morgan fingerprint density at radius 3 is 2.58 bits per heavy atom. The van der Waals surface area contributed by atoms with Gasteiger partial charge in [0, 0.05) is 45.7 Å². The van der Waals surface area contributed by atoms with E-state index in [9.17, 15) is 8.42 Å². The van der Waals surface area contributed by atoms with Crippen LogP contribution in [0.25, 0.3) is 0 Å². The molecule has 4 rings (SSSR count). The van der Waals surface area contributed by atoms with Crippen LogP contribution in [0.3, 0.4) is 0 Å². The Bertz CT molecular complexity index is 1040. The van der Waals surface area contributed by atoms with Crippen molar-refractivity contribution < 1.29 is 17.9 Å². The molecule has 0 spiro atoms. The zero-order valence-electron chi connectivity index (χ0n) is 18.2. The van der Waals surface area contributed by atoms with Crippen LogP contribution >= 0.6 is 0 Å². The van der Waals surface area contributed by atoms with Gasteiger partial charge in [0.25, 0.3) is 0 Å². The summed E-state index contributed by atoms with van der Waals surface area (Å²) in [4.78, 5) is 11.4. The molecule has 2 aromatic rings. The van der Waals surface area contributed by atoms with Crippen LogP contribution in [-0.4, -0.2) is 70.1 Å². The maximum absolute atomic E-state index is 13.2. The first-order chi connectivity index (χ1) is 14.8. The molecule has 3 heterocycles. The number of sulfonamides is 1. The van der Waals surface area contributed by atoms with Crippen molar-refractivity contribution in [3.05, 3.63) is 35.8 Å². The molecule has 1 aromatic heterocycles. The number of nitrogens with one attached hydrogen (secondary N) is 1. The van der Waals surface area contributed by atoms with Crippen molar-refractivity contribution >= 4 is 15.8 Å². The highest BCUT2D eigenvalue weighted by atomic mass is 32.2. The average molecular weight is 448 g/mol. The SMILES string of the molecule is CN(C)c1cc([C@@H]2CCCNC2)nc(CN(C)S(=O)(=O)c2ccc3c(c2)OCCO3)n1.